The first-order valence-electron chi connectivity index (χ1n) is 7.42. The molecule has 19 heavy (non-hydrogen) atoms. The van der Waals surface area contributed by atoms with Crippen LogP contribution in [-0.4, -0.2) is 48.1 Å². The van der Waals surface area contributed by atoms with Gasteiger partial charge in [-0.25, -0.2) is 0 Å². The van der Waals surface area contributed by atoms with E-state index in [-0.39, 0.29) is 12.1 Å². The summed E-state index contributed by atoms with van der Waals surface area (Å²) in [4.78, 5) is 0. The van der Waals surface area contributed by atoms with E-state index >= 15 is 0 Å². The van der Waals surface area contributed by atoms with E-state index in [2.05, 4.69) is 0 Å². The monoisotopic (exact) mass is 308 g/mol. The van der Waals surface area contributed by atoms with Gasteiger partial charge in [0, 0.05) is 31.1 Å². The average molecular weight is 309 g/mol. The largest absolute Gasteiger partial charge is 0.282 e. The van der Waals surface area contributed by atoms with Crippen molar-refractivity contribution in [3.8, 4) is 0 Å². The fourth-order valence-electron chi connectivity index (χ4n) is 2.93. The molecule has 0 aromatic heterocycles. The summed E-state index contributed by atoms with van der Waals surface area (Å²) < 4.78 is 29.1. The SMILES string of the molecule is CC1CCCCN1S(=O)(=O)N(CCCCl)C1CCC1. The molecular formula is C13H25ClN2O2S. The summed E-state index contributed by atoms with van der Waals surface area (Å²) in [6.45, 7) is 3.27. The van der Waals surface area contributed by atoms with Gasteiger partial charge in [-0.15, -0.1) is 11.6 Å². The molecule has 6 heteroatoms. The summed E-state index contributed by atoms with van der Waals surface area (Å²) in [7, 11) is -3.30. The van der Waals surface area contributed by atoms with Crippen LogP contribution in [0.5, 0.6) is 0 Å². The van der Waals surface area contributed by atoms with Crippen molar-refractivity contribution in [1.29, 1.82) is 0 Å². The maximum Gasteiger partial charge on any atom is 0.282 e. The molecule has 1 saturated heterocycles. The van der Waals surface area contributed by atoms with Crippen LogP contribution in [-0.2, 0) is 10.2 Å². The van der Waals surface area contributed by atoms with E-state index in [1.807, 2.05) is 6.92 Å². The van der Waals surface area contributed by atoms with E-state index in [1.165, 1.54) is 0 Å². The molecule has 1 unspecified atom stereocenters. The molecule has 4 nitrogen and oxygen atoms in total. The van der Waals surface area contributed by atoms with Crippen LogP contribution in [0.1, 0.15) is 51.9 Å². The predicted octanol–water partition coefficient (Wildman–Crippen LogP) is 2.59. The van der Waals surface area contributed by atoms with Crippen LogP contribution < -0.4 is 0 Å². The Hall–Kier alpha value is 0.160. The Kier molecular flexibility index (Phi) is 5.52. The third-order valence-electron chi connectivity index (χ3n) is 4.33. The standard InChI is InChI=1S/C13H25ClN2O2S/c1-12-6-2-3-10-15(12)19(17,18)16(11-5-9-14)13-7-4-8-13/h12-13H,2-11H2,1H3. The minimum absolute atomic E-state index is 0.136. The molecule has 1 saturated carbocycles. The second-order valence-corrected chi connectivity index (χ2v) is 7.91. The molecule has 1 aliphatic carbocycles. The van der Waals surface area contributed by atoms with E-state index < -0.39 is 10.2 Å². The topological polar surface area (TPSA) is 40.6 Å². The average Bonchev–Trinajstić information content (AvgIpc) is 2.32. The highest BCUT2D eigenvalue weighted by Gasteiger charge is 2.39. The second-order valence-electron chi connectivity index (χ2n) is 5.70. The number of halogens is 1. The van der Waals surface area contributed by atoms with Gasteiger partial charge in [0.05, 0.1) is 0 Å². The smallest absolute Gasteiger partial charge is 0.195 e. The van der Waals surface area contributed by atoms with Crippen LogP contribution >= 0.6 is 11.6 Å². The third-order valence-corrected chi connectivity index (χ3v) is 6.80. The minimum atomic E-state index is -3.30. The summed E-state index contributed by atoms with van der Waals surface area (Å²) in [5.74, 6) is 0.522. The highest BCUT2D eigenvalue weighted by molar-refractivity contribution is 7.86. The van der Waals surface area contributed by atoms with E-state index in [0.717, 1.165) is 44.9 Å². The van der Waals surface area contributed by atoms with Crippen LogP contribution in [0.15, 0.2) is 0 Å². The van der Waals surface area contributed by atoms with E-state index in [4.69, 9.17) is 11.6 Å². The molecule has 112 valence electrons. The molecule has 0 aromatic carbocycles. The molecule has 0 amide bonds. The lowest BCUT2D eigenvalue weighted by atomic mass is 9.93. The van der Waals surface area contributed by atoms with Crippen LogP contribution in [0.2, 0.25) is 0 Å². The molecule has 0 spiro atoms. The molecule has 1 aliphatic heterocycles. The first-order valence-corrected chi connectivity index (χ1v) is 9.35. The van der Waals surface area contributed by atoms with Gasteiger partial charge in [-0.1, -0.05) is 12.8 Å². The summed E-state index contributed by atoms with van der Waals surface area (Å²) in [6, 6.07) is 0.347. The lowest BCUT2D eigenvalue weighted by Gasteiger charge is -2.42. The van der Waals surface area contributed by atoms with Crippen LogP contribution in [0.3, 0.4) is 0 Å². The normalized spacial score (nSPS) is 26.6. The van der Waals surface area contributed by atoms with Gasteiger partial charge in [-0.2, -0.15) is 17.0 Å². The second kappa shape index (κ2) is 6.74. The zero-order valence-electron chi connectivity index (χ0n) is 11.7. The van der Waals surface area contributed by atoms with Gasteiger partial charge in [0.2, 0.25) is 0 Å². The first kappa shape index (κ1) is 15.5. The summed E-state index contributed by atoms with van der Waals surface area (Å²) in [6.07, 6.45) is 6.99. The van der Waals surface area contributed by atoms with Gasteiger partial charge >= 0.3 is 0 Å². The number of piperidine rings is 1. The Morgan fingerprint density at radius 1 is 1.21 bits per heavy atom. The molecule has 1 atom stereocenters. The summed E-state index contributed by atoms with van der Waals surface area (Å²) in [5.41, 5.74) is 0. The van der Waals surface area contributed by atoms with Crippen LogP contribution in [0.25, 0.3) is 0 Å². The Bertz CT molecular complexity index is 384. The molecule has 0 bridgehead atoms. The molecular weight excluding hydrogens is 284 g/mol. The van der Waals surface area contributed by atoms with E-state index in [1.54, 1.807) is 8.61 Å². The number of nitrogens with zero attached hydrogens (tertiary/aromatic N) is 2. The van der Waals surface area contributed by atoms with Crippen molar-refractivity contribution in [2.75, 3.05) is 19.0 Å². The van der Waals surface area contributed by atoms with Crippen LogP contribution in [0.4, 0.5) is 0 Å². The van der Waals surface area contributed by atoms with Gasteiger partial charge in [-0.05, 0) is 39.0 Å². The van der Waals surface area contributed by atoms with Gasteiger partial charge in [0.15, 0.2) is 0 Å². The van der Waals surface area contributed by atoms with Crippen molar-refractivity contribution in [3.63, 3.8) is 0 Å². The molecule has 0 aromatic rings. The third kappa shape index (κ3) is 3.43. The first-order chi connectivity index (χ1) is 9.07. The predicted molar refractivity (Wildman–Crippen MR) is 78.6 cm³/mol. The number of rotatable bonds is 6. The number of alkyl halides is 1. The Morgan fingerprint density at radius 2 is 1.95 bits per heavy atom. The van der Waals surface area contributed by atoms with Gasteiger partial charge in [0.25, 0.3) is 10.2 Å². The number of hydrogen-bond acceptors (Lipinski definition) is 2. The summed E-state index contributed by atoms with van der Waals surface area (Å²) in [5, 5.41) is 0. The highest BCUT2D eigenvalue weighted by atomic mass is 35.5. The fraction of sp³-hybridized carbons (Fsp3) is 1.00. The lowest BCUT2D eigenvalue weighted by molar-refractivity contribution is 0.185. The van der Waals surface area contributed by atoms with Crippen LogP contribution in [0, 0.1) is 0 Å². The maximum atomic E-state index is 12.8. The van der Waals surface area contributed by atoms with E-state index in [9.17, 15) is 8.42 Å². The van der Waals surface area contributed by atoms with E-state index in [0.29, 0.717) is 19.0 Å². The molecule has 0 radical (unpaired) electrons. The minimum Gasteiger partial charge on any atom is -0.195 e. The molecule has 0 N–H and O–H groups in total. The molecule has 2 fully saturated rings. The quantitative estimate of drug-likeness (QED) is 0.708. The van der Waals surface area contributed by atoms with Crippen molar-refractivity contribution < 1.29 is 8.42 Å². The Morgan fingerprint density at radius 3 is 2.47 bits per heavy atom. The number of hydrogen-bond donors (Lipinski definition) is 0. The fourth-order valence-corrected chi connectivity index (χ4v) is 5.18. The van der Waals surface area contributed by atoms with Crippen molar-refractivity contribution in [2.45, 2.75) is 64.0 Å². The van der Waals surface area contributed by atoms with Crippen molar-refractivity contribution in [1.82, 2.24) is 8.61 Å². The molecule has 2 rings (SSSR count). The maximum absolute atomic E-state index is 12.8. The van der Waals surface area contributed by atoms with Gasteiger partial charge in [-0.3, -0.25) is 0 Å². The zero-order chi connectivity index (χ0) is 13.9. The van der Waals surface area contributed by atoms with Crippen molar-refractivity contribution >= 4 is 21.8 Å². The van der Waals surface area contributed by atoms with Gasteiger partial charge in [0.1, 0.15) is 0 Å². The zero-order valence-corrected chi connectivity index (χ0v) is 13.3. The van der Waals surface area contributed by atoms with Gasteiger partial charge < -0.3 is 0 Å². The lowest BCUT2D eigenvalue weighted by Crippen LogP contribution is -2.54. The Balaban J connectivity index is 2.12. The Labute approximate surface area is 122 Å². The molecule has 2 aliphatic rings. The highest BCUT2D eigenvalue weighted by Crippen LogP contribution is 2.31. The molecule has 1 heterocycles. The van der Waals surface area contributed by atoms with Crippen molar-refractivity contribution in [3.05, 3.63) is 0 Å². The van der Waals surface area contributed by atoms with Crippen molar-refractivity contribution in [2.24, 2.45) is 0 Å². The summed E-state index contributed by atoms with van der Waals surface area (Å²) >= 11 is 5.74.